The van der Waals surface area contributed by atoms with Gasteiger partial charge in [-0.2, -0.15) is 4.31 Å². The molecule has 2 aromatic carbocycles. The zero-order valence-corrected chi connectivity index (χ0v) is 20.8. The van der Waals surface area contributed by atoms with E-state index in [0.717, 1.165) is 36.3 Å². The molecule has 0 bridgehead atoms. The van der Waals surface area contributed by atoms with E-state index < -0.39 is 10.0 Å². The van der Waals surface area contributed by atoms with Crippen LogP contribution in [0.5, 0.6) is 5.75 Å². The van der Waals surface area contributed by atoms with E-state index in [1.165, 1.54) is 4.31 Å². The van der Waals surface area contributed by atoms with Crippen LogP contribution in [-0.4, -0.2) is 63.0 Å². The maximum Gasteiger partial charge on any atom is 0.243 e. The molecular weight excluding hydrogens is 452 g/mol. The van der Waals surface area contributed by atoms with Crippen molar-refractivity contribution in [2.24, 2.45) is 5.92 Å². The first-order valence-electron chi connectivity index (χ1n) is 12.0. The first kappa shape index (κ1) is 24.7. The minimum absolute atomic E-state index is 0.0423. The van der Waals surface area contributed by atoms with Crippen molar-refractivity contribution < 1.29 is 22.7 Å². The van der Waals surface area contributed by atoms with E-state index in [-0.39, 0.29) is 17.9 Å². The summed E-state index contributed by atoms with van der Waals surface area (Å²) in [5, 5.41) is 0. The molecule has 2 fully saturated rings. The predicted molar refractivity (Wildman–Crippen MR) is 130 cm³/mol. The van der Waals surface area contributed by atoms with Crippen molar-refractivity contribution >= 4 is 15.9 Å². The van der Waals surface area contributed by atoms with Crippen LogP contribution in [0, 0.1) is 12.8 Å². The van der Waals surface area contributed by atoms with Gasteiger partial charge in [0.2, 0.25) is 15.9 Å². The average molecular weight is 487 g/mol. The molecule has 2 aromatic rings. The molecule has 2 heterocycles. The Morgan fingerprint density at radius 2 is 1.79 bits per heavy atom. The summed E-state index contributed by atoms with van der Waals surface area (Å²) in [5.74, 6) is 0.612. The summed E-state index contributed by atoms with van der Waals surface area (Å²) >= 11 is 0. The van der Waals surface area contributed by atoms with E-state index in [4.69, 9.17) is 9.47 Å². The molecule has 2 aliphatic heterocycles. The number of ether oxygens (including phenoxy) is 2. The number of carbonyl (C=O) groups excluding carboxylic acids is 1. The quantitative estimate of drug-likeness (QED) is 0.570. The van der Waals surface area contributed by atoms with E-state index in [0.29, 0.717) is 43.9 Å². The molecule has 0 aliphatic carbocycles. The van der Waals surface area contributed by atoms with Gasteiger partial charge in [0, 0.05) is 44.3 Å². The molecule has 1 amide bonds. The van der Waals surface area contributed by atoms with E-state index in [1.54, 1.807) is 19.2 Å². The minimum atomic E-state index is -3.55. The number of benzene rings is 2. The zero-order chi connectivity index (χ0) is 24.1. The van der Waals surface area contributed by atoms with Gasteiger partial charge in [-0.1, -0.05) is 35.9 Å². The third-order valence-corrected chi connectivity index (χ3v) is 8.69. The molecule has 184 valence electrons. The highest BCUT2D eigenvalue weighted by Gasteiger charge is 2.35. The van der Waals surface area contributed by atoms with Gasteiger partial charge in [0.1, 0.15) is 5.75 Å². The third-order valence-electron chi connectivity index (χ3n) is 6.78. The van der Waals surface area contributed by atoms with E-state index in [1.807, 2.05) is 48.2 Å². The fourth-order valence-electron chi connectivity index (χ4n) is 4.77. The molecule has 34 heavy (non-hydrogen) atoms. The highest BCUT2D eigenvalue weighted by molar-refractivity contribution is 7.89. The number of nitrogens with zero attached hydrogens (tertiary/aromatic N) is 2. The number of hydrogen-bond acceptors (Lipinski definition) is 5. The van der Waals surface area contributed by atoms with E-state index in [2.05, 4.69) is 0 Å². The molecular formula is C26H34N2O5S. The number of hydrogen-bond donors (Lipinski definition) is 0. The normalized spacial score (nSPS) is 19.8. The Labute approximate surface area is 202 Å². The Balaban J connectivity index is 1.45. The van der Waals surface area contributed by atoms with E-state index in [9.17, 15) is 13.2 Å². The lowest BCUT2D eigenvalue weighted by Gasteiger charge is -2.34. The van der Waals surface area contributed by atoms with Crippen molar-refractivity contribution in [3.05, 3.63) is 59.7 Å². The summed E-state index contributed by atoms with van der Waals surface area (Å²) in [6, 6.07) is 14.7. The van der Waals surface area contributed by atoms with Crippen molar-refractivity contribution in [3.63, 3.8) is 0 Å². The Bertz CT molecular complexity index is 1070. The molecule has 0 aromatic heterocycles. The highest BCUT2D eigenvalue weighted by Crippen LogP contribution is 2.28. The summed E-state index contributed by atoms with van der Waals surface area (Å²) in [4.78, 5) is 15.8. The van der Waals surface area contributed by atoms with Crippen LogP contribution >= 0.6 is 0 Å². The molecule has 0 saturated carbocycles. The molecule has 8 heteroatoms. The first-order valence-corrected chi connectivity index (χ1v) is 13.4. The second kappa shape index (κ2) is 10.9. The molecule has 7 nitrogen and oxygen atoms in total. The van der Waals surface area contributed by atoms with Crippen LogP contribution in [0.3, 0.4) is 0 Å². The van der Waals surface area contributed by atoms with Crippen LogP contribution in [0.4, 0.5) is 0 Å². The summed E-state index contributed by atoms with van der Waals surface area (Å²) in [6.45, 7) is 4.34. The van der Waals surface area contributed by atoms with Crippen molar-refractivity contribution in [1.29, 1.82) is 0 Å². The SMILES string of the molecule is COc1ccccc1CN(CC1CCCO1)C(=O)C1CCN(S(=O)(=O)c2ccc(C)cc2)CC1. The molecule has 1 unspecified atom stereocenters. The summed E-state index contributed by atoms with van der Waals surface area (Å²) in [7, 11) is -1.92. The maximum atomic E-state index is 13.6. The lowest BCUT2D eigenvalue weighted by molar-refractivity contribution is -0.139. The highest BCUT2D eigenvalue weighted by atomic mass is 32.2. The lowest BCUT2D eigenvalue weighted by atomic mass is 9.96. The van der Waals surface area contributed by atoms with Crippen LogP contribution in [0.25, 0.3) is 0 Å². The van der Waals surface area contributed by atoms with Crippen LogP contribution in [0.1, 0.15) is 36.8 Å². The topological polar surface area (TPSA) is 76.2 Å². The van der Waals surface area contributed by atoms with Gasteiger partial charge < -0.3 is 14.4 Å². The number of aryl methyl sites for hydroxylation is 1. The average Bonchev–Trinajstić information content (AvgIpc) is 3.37. The molecule has 0 spiro atoms. The molecule has 0 N–H and O–H groups in total. The summed E-state index contributed by atoms with van der Waals surface area (Å²) in [5.41, 5.74) is 1.97. The van der Waals surface area contributed by atoms with Gasteiger partial charge in [-0.05, 0) is 50.8 Å². The van der Waals surface area contributed by atoms with Gasteiger partial charge in [-0.3, -0.25) is 4.79 Å². The third kappa shape index (κ3) is 5.62. The van der Waals surface area contributed by atoms with Crippen LogP contribution in [0.2, 0.25) is 0 Å². The minimum Gasteiger partial charge on any atom is -0.496 e. The van der Waals surface area contributed by atoms with Crippen molar-refractivity contribution in [2.45, 2.75) is 50.2 Å². The number of piperidine rings is 1. The van der Waals surface area contributed by atoms with Crippen LogP contribution in [-0.2, 0) is 26.1 Å². The van der Waals surface area contributed by atoms with Gasteiger partial charge in [0.15, 0.2) is 0 Å². The van der Waals surface area contributed by atoms with Crippen molar-refractivity contribution in [1.82, 2.24) is 9.21 Å². The zero-order valence-electron chi connectivity index (χ0n) is 20.0. The molecule has 4 rings (SSSR count). The number of sulfonamides is 1. The Hall–Kier alpha value is -2.42. The van der Waals surface area contributed by atoms with Crippen LogP contribution in [0.15, 0.2) is 53.4 Å². The fraction of sp³-hybridized carbons (Fsp3) is 0.500. The van der Waals surface area contributed by atoms with Gasteiger partial charge in [0.25, 0.3) is 0 Å². The van der Waals surface area contributed by atoms with Crippen LogP contribution < -0.4 is 4.74 Å². The second-order valence-corrected chi connectivity index (χ2v) is 11.1. The Morgan fingerprint density at radius 3 is 2.44 bits per heavy atom. The van der Waals surface area contributed by atoms with Gasteiger partial charge in [0.05, 0.1) is 18.1 Å². The fourth-order valence-corrected chi connectivity index (χ4v) is 6.24. The second-order valence-electron chi connectivity index (χ2n) is 9.16. The molecule has 0 radical (unpaired) electrons. The van der Waals surface area contributed by atoms with Crippen molar-refractivity contribution in [2.75, 3.05) is 33.4 Å². The lowest BCUT2D eigenvalue weighted by Crippen LogP contribution is -2.46. The largest absolute Gasteiger partial charge is 0.496 e. The van der Waals surface area contributed by atoms with Crippen molar-refractivity contribution in [3.8, 4) is 5.75 Å². The Morgan fingerprint density at radius 1 is 1.09 bits per heavy atom. The summed E-state index contributed by atoms with van der Waals surface area (Å²) in [6.07, 6.45) is 3.02. The number of rotatable bonds is 8. The maximum absolute atomic E-state index is 13.6. The number of carbonyl (C=O) groups is 1. The van der Waals surface area contributed by atoms with Gasteiger partial charge >= 0.3 is 0 Å². The first-order chi connectivity index (χ1) is 16.4. The molecule has 2 saturated heterocycles. The predicted octanol–water partition coefficient (Wildman–Crippen LogP) is 3.61. The van der Waals surface area contributed by atoms with Gasteiger partial charge in [-0.15, -0.1) is 0 Å². The summed E-state index contributed by atoms with van der Waals surface area (Å²) < 4.78 is 38.9. The number of para-hydroxylation sites is 1. The number of amides is 1. The molecule has 1 atom stereocenters. The molecule has 2 aliphatic rings. The number of methoxy groups -OCH3 is 1. The smallest absolute Gasteiger partial charge is 0.243 e. The Kier molecular flexibility index (Phi) is 7.91. The monoisotopic (exact) mass is 486 g/mol. The van der Waals surface area contributed by atoms with Gasteiger partial charge in [-0.25, -0.2) is 8.42 Å². The standard InChI is InChI=1S/C26H34N2O5S/c1-20-9-11-24(12-10-20)34(30,31)28-15-13-21(14-16-28)26(29)27(19-23-7-5-17-33-23)18-22-6-3-4-8-25(22)32-2/h3-4,6,8-12,21,23H,5,7,13-19H2,1-2H3. The van der Waals surface area contributed by atoms with E-state index >= 15 is 0 Å².